The molecular formula is C26H15ClFN5OS. The lowest BCUT2D eigenvalue weighted by molar-refractivity contribution is 0.628. The van der Waals surface area contributed by atoms with Gasteiger partial charge in [-0.2, -0.15) is 14.6 Å². The van der Waals surface area contributed by atoms with Crippen molar-refractivity contribution in [3.05, 3.63) is 116 Å². The Kier molecular flexibility index (Phi) is 5.24. The molecule has 0 aliphatic carbocycles. The van der Waals surface area contributed by atoms with Crippen molar-refractivity contribution in [1.29, 1.82) is 0 Å². The number of nitrogens with zero attached hydrogens (tertiary/aromatic N) is 5. The number of hydrogen-bond donors (Lipinski definition) is 0. The largest absolute Gasteiger partial charge is 0.291 e. The van der Waals surface area contributed by atoms with Gasteiger partial charge in [0.1, 0.15) is 11.5 Å². The van der Waals surface area contributed by atoms with E-state index in [-0.39, 0.29) is 11.4 Å². The van der Waals surface area contributed by atoms with Crippen molar-refractivity contribution in [2.24, 2.45) is 0 Å². The maximum atomic E-state index is 13.5. The van der Waals surface area contributed by atoms with Gasteiger partial charge in [-0.1, -0.05) is 41.1 Å². The third kappa shape index (κ3) is 4.03. The maximum absolute atomic E-state index is 13.5. The van der Waals surface area contributed by atoms with E-state index in [9.17, 15) is 9.18 Å². The number of benzene rings is 3. The van der Waals surface area contributed by atoms with Crippen LogP contribution < -0.4 is 10.1 Å². The molecule has 3 aromatic heterocycles. The van der Waals surface area contributed by atoms with E-state index < -0.39 is 0 Å². The van der Waals surface area contributed by atoms with Crippen LogP contribution in [0, 0.1) is 5.82 Å². The number of thiazole rings is 1. The summed E-state index contributed by atoms with van der Waals surface area (Å²) >= 11 is 7.21. The first-order chi connectivity index (χ1) is 17.0. The number of aromatic nitrogens is 5. The molecule has 3 heterocycles. The quantitative estimate of drug-likeness (QED) is 0.342. The van der Waals surface area contributed by atoms with Crippen LogP contribution >= 0.6 is 22.9 Å². The van der Waals surface area contributed by atoms with Crippen molar-refractivity contribution in [1.82, 2.24) is 24.4 Å². The summed E-state index contributed by atoms with van der Waals surface area (Å²) in [6.45, 7) is 0. The van der Waals surface area contributed by atoms with E-state index >= 15 is 0 Å². The molecule has 170 valence electrons. The normalized spacial score (nSPS) is 12.0. The summed E-state index contributed by atoms with van der Waals surface area (Å²) in [5, 5.41) is 9.74. The van der Waals surface area contributed by atoms with Crippen LogP contribution in [-0.2, 0) is 0 Å². The average Bonchev–Trinajstić information content (AvgIpc) is 3.56. The molecule has 9 heteroatoms. The van der Waals surface area contributed by atoms with Crippen molar-refractivity contribution in [2.45, 2.75) is 0 Å². The SMILES string of the molecule is O=c1/c(=C/c2cn(-c3ccccc3)nc2-c2ccc(F)cc2)sc2nc(-c3ccc(Cl)cc3)nn12. The van der Waals surface area contributed by atoms with E-state index in [0.717, 1.165) is 22.4 Å². The van der Waals surface area contributed by atoms with Crippen LogP contribution in [-0.4, -0.2) is 24.4 Å². The molecule has 0 fully saturated rings. The average molecular weight is 500 g/mol. The zero-order chi connectivity index (χ0) is 23.9. The lowest BCUT2D eigenvalue weighted by Crippen LogP contribution is -2.23. The van der Waals surface area contributed by atoms with Gasteiger partial charge in [-0.15, -0.1) is 5.10 Å². The summed E-state index contributed by atoms with van der Waals surface area (Å²) < 4.78 is 17.1. The molecule has 35 heavy (non-hydrogen) atoms. The fourth-order valence-corrected chi connectivity index (χ4v) is 4.76. The number of halogens is 2. The summed E-state index contributed by atoms with van der Waals surface area (Å²) in [5.74, 6) is 0.131. The number of para-hydroxylation sites is 1. The van der Waals surface area contributed by atoms with E-state index in [1.807, 2.05) is 48.7 Å². The van der Waals surface area contributed by atoms with Crippen molar-refractivity contribution in [3.63, 3.8) is 0 Å². The van der Waals surface area contributed by atoms with Crippen LogP contribution in [0.5, 0.6) is 0 Å². The van der Waals surface area contributed by atoms with Gasteiger partial charge in [0, 0.05) is 27.9 Å². The van der Waals surface area contributed by atoms with E-state index in [0.29, 0.717) is 26.0 Å². The summed E-state index contributed by atoms with van der Waals surface area (Å²) in [5.41, 5.74) is 3.47. The number of hydrogen-bond acceptors (Lipinski definition) is 5. The van der Waals surface area contributed by atoms with Gasteiger partial charge in [0.25, 0.3) is 5.56 Å². The van der Waals surface area contributed by atoms with Crippen LogP contribution in [0.25, 0.3) is 39.4 Å². The second kappa shape index (κ2) is 8.57. The molecule has 0 radical (unpaired) electrons. The highest BCUT2D eigenvalue weighted by Gasteiger charge is 2.15. The van der Waals surface area contributed by atoms with E-state index in [1.165, 1.54) is 28.0 Å². The molecule has 0 atom stereocenters. The Morgan fingerprint density at radius 3 is 2.31 bits per heavy atom. The standard InChI is InChI=1S/C26H15ClFN5OS/c27-19-10-6-17(7-11-19)24-29-26-33(31-24)25(34)22(35-26)14-18-15-32(21-4-2-1-3-5-21)30-23(18)16-8-12-20(28)13-9-16/h1-15H/b22-14-. The molecule has 0 amide bonds. The fraction of sp³-hybridized carbons (Fsp3) is 0. The van der Waals surface area contributed by atoms with Gasteiger partial charge in [-0.3, -0.25) is 4.79 Å². The molecule has 0 bridgehead atoms. The highest BCUT2D eigenvalue weighted by Crippen LogP contribution is 2.25. The monoisotopic (exact) mass is 499 g/mol. The number of fused-ring (bicyclic) bond motifs is 1. The minimum absolute atomic E-state index is 0.268. The molecule has 0 N–H and O–H groups in total. The molecular weight excluding hydrogens is 485 g/mol. The predicted octanol–water partition coefficient (Wildman–Crippen LogP) is 5.01. The molecule has 0 aliphatic rings. The second-order valence-corrected chi connectivity index (χ2v) is 9.22. The lowest BCUT2D eigenvalue weighted by Gasteiger charge is -2.00. The summed E-state index contributed by atoms with van der Waals surface area (Å²) in [6, 6.07) is 22.9. The maximum Gasteiger partial charge on any atom is 0.291 e. The minimum Gasteiger partial charge on any atom is -0.266 e. The van der Waals surface area contributed by atoms with Crippen LogP contribution in [0.4, 0.5) is 4.39 Å². The van der Waals surface area contributed by atoms with E-state index in [2.05, 4.69) is 10.1 Å². The van der Waals surface area contributed by atoms with Gasteiger partial charge < -0.3 is 0 Å². The second-order valence-electron chi connectivity index (χ2n) is 7.77. The number of rotatable bonds is 4. The molecule has 0 unspecified atom stereocenters. The van der Waals surface area contributed by atoms with Crippen molar-refractivity contribution in [2.75, 3.05) is 0 Å². The van der Waals surface area contributed by atoms with Crippen LogP contribution in [0.1, 0.15) is 5.56 Å². The first-order valence-corrected chi connectivity index (χ1v) is 11.8. The highest BCUT2D eigenvalue weighted by atomic mass is 35.5. The molecule has 0 aliphatic heterocycles. The highest BCUT2D eigenvalue weighted by molar-refractivity contribution is 7.15. The van der Waals surface area contributed by atoms with E-state index in [4.69, 9.17) is 16.7 Å². The Morgan fingerprint density at radius 2 is 1.60 bits per heavy atom. The minimum atomic E-state index is -0.328. The Hall–Kier alpha value is -4.14. The molecule has 6 rings (SSSR count). The van der Waals surface area contributed by atoms with Gasteiger partial charge >= 0.3 is 0 Å². The summed E-state index contributed by atoms with van der Waals surface area (Å²) in [4.78, 5) is 18.2. The van der Waals surface area contributed by atoms with Gasteiger partial charge in [0.05, 0.1) is 10.2 Å². The topological polar surface area (TPSA) is 65.1 Å². The smallest absolute Gasteiger partial charge is 0.266 e. The third-order valence-electron chi connectivity index (χ3n) is 5.45. The summed E-state index contributed by atoms with van der Waals surface area (Å²) in [6.07, 6.45) is 3.62. The predicted molar refractivity (Wildman–Crippen MR) is 135 cm³/mol. The first kappa shape index (κ1) is 21.4. The molecule has 3 aromatic carbocycles. The van der Waals surface area contributed by atoms with Crippen molar-refractivity contribution >= 4 is 34.0 Å². The molecule has 0 spiro atoms. The van der Waals surface area contributed by atoms with Gasteiger partial charge in [-0.05, 0) is 66.7 Å². The van der Waals surface area contributed by atoms with Crippen molar-refractivity contribution in [3.8, 4) is 28.3 Å². The van der Waals surface area contributed by atoms with E-state index in [1.54, 1.807) is 35.0 Å². The lowest BCUT2D eigenvalue weighted by atomic mass is 10.1. The Labute approximate surface area is 207 Å². The van der Waals surface area contributed by atoms with Gasteiger partial charge in [0.2, 0.25) is 4.96 Å². The molecule has 6 nitrogen and oxygen atoms in total. The zero-order valence-electron chi connectivity index (χ0n) is 18.0. The van der Waals surface area contributed by atoms with Crippen LogP contribution in [0.2, 0.25) is 5.02 Å². The summed E-state index contributed by atoms with van der Waals surface area (Å²) in [7, 11) is 0. The Morgan fingerprint density at radius 1 is 0.886 bits per heavy atom. The van der Waals surface area contributed by atoms with Crippen LogP contribution in [0.3, 0.4) is 0 Å². The zero-order valence-corrected chi connectivity index (χ0v) is 19.5. The fourth-order valence-electron chi connectivity index (χ4n) is 3.73. The third-order valence-corrected chi connectivity index (χ3v) is 6.66. The Balaban J connectivity index is 1.48. The molecule has 0 saturated heterocycles. The van der Waals surface area contributed by atoms with Crippen molar-refractivity contribution < 1.29 is 4.39 Å². The molecule has 6 aromatic rings. The first-order valence-electron chi connectivity index (χ1n) is 10.6. The van der Waals surface area contributed by atoms with Gasteiger partial charge in [-0.25, -0.2) is 9.07 Å². The van der Waals surface area contributed by atoms with Crippen LogP contribution in [0.15, 0.2) is 89.9 Å². The molecule has 0 saturated carbocycles. The van der Waals surface area contributed by atoms with Gasteiger partial charge in [0.15, 0.2) is 5.82 Å². The Bertz CT molecular complexity index is 1770.